The number of aromatic nitrogens is 1. The first kappa shape index (κ1) is 11.8. The van der Waals surface area contributed by atoms with Crippen LogP contribution in [-0.4, -0.2) is 11.2 Å². The van der Waals surface area contributed by atoms with Crippen LogP contribution in [0.4, 0.5) is 5.82 Å². The van der Waals surface area contributed by atoms with E-state index in [9.17, 15) is 5.26 Å². The van der Waals surface area contributed by atoms with Crippen LogP contribution in [0, 0.1) is 11.3 Å². The zero-order valence-corrected chi connectivity index (χ0v) is 10.6. The number of nitriles is 1. The predicted molar refractivity (Wildman–Crippen MR) is 72.5 cm³/mol. The second kappa shape index (κ2) is 4.79. The van der Waals surface area contributed by atoms with Crippen molar-refractivity contribution in [2.45, 2.75) is 19.6 Å². The molecule has 1 aromatic carbocycles. The Bertz CT molecular complexity index is 638. The summed E-state index contributed by atoms with van der Waals surface area (Å²) in [5.74, 6) is 0.557. The summed E-state index contributed by atoms with van der Waals surface area (Å²) in [5.41, 5.74) is 10.0. The van der Waals surface area contributed by atoms with Gasteiger partial charge in [-0.1, -0.05) is 30.3 Å². The molecule has 0 bridgehead atoms. The van der Waals surface area contributed by atoms with E-state index < -0.39 is 0 Å². The molecule has 2 N–H and O–H groups in total. The molecule has 0 aliphatic carbocycles. The lowest BCUT2D eigenvalue weighted by atomic mass is 10.1. The molecule has 0 spiro atoms. The summed E-state index contributed by atoms with van der Waals surface area (Å²) in [4.78, 5) is 0. The largest absolute Gasteiger partial charge is 0.384 e. The van der Waals surface area contributed by atoms with Crippen LogP contribution in [0.25, 0.3) is 0 Å². The lowest BCUT2D eigenvalue weighted by Crippen LogP contribution is -2.14. The third-order valence-electron chi connectivity index (χ3n) is 3.55. The van der Waals surface area contributed by atoms with Crippen molar-refractivity contribution in [3.05, 3.63) is 52.7 Å². The molecule has 4 nitrogen and oxygen atoms in total. The quantitative estimate of drug-likeness (QED) is 0.891. The van der Waals surface area contributed by atoms with Crippen molar-refractivity contribution < 1.29 is 4.74 Å². The molecule has 1 aliphatic heterocycles. The van der Waals surface area contributed by atoms with Crippen molar-refractivity contribution in [3.63, 3.8) is 0 Å². The van der Waals surface area contributed by atoms with Gasteiger partial charge in [0.1, 0.15) is 11.9 Å². The van der Waals surface area contributed by atoms with Crippen LogP contribution >= 0.6 is 0 Å². The molecule has 1 aromatic heterocycles. The van der Waals surface area contributed by atoms with Gasteiger partial charge in [-0.25, -0.2) is 0 Å². The topological polar surface area (TPSA) is 64.0 Å². The van der Waals surface area contributed by atoms with Gasteiger partial charge in [0.15, 0.2) is 0 Å². The Morgan fingerprint density at radius 3 is 2.84 bits per heavy atom. The van der Waals surface area contributed by atoms with Gasteiger partial charge in [0, 0.05) is 6.54 Å². The first-order chi connectivity index (χ1) is 9.31. The fraction of sp³-hybridized carbons (Fsp3) is 0.267. The minimum Gasteiger partial charge on any atom is -0.384 e. The van der Waals surface area contributed by atoms with E-state index >= 15 is 0 Å². The number of hydrogen-bond acceptors (Lipinski definition) is 3. The van der Waals surface area contributed by atoms with Gasteiger partial charge in [0.2, 0.25) is 0 Å². The summed E-state index contributed by atoms with van der Waals surface area (Å²) in [6.45, 7) is 1.88. The van der Waals surface area contributed by atoms with E-state index in [1.54, 1.807) is 0 Å². The van der Waals surface area contributed by atoms with Gasteiger partial charge in [-0.05, 0) is 17.5 Å². The van der Waals surface area contributed by atoms with Crippen LogP contribution in [-0.2, 0) is 24.3 Å². The van der Waals surface area contributed by atoms with Crippen molar-refractivity contribution in [1.29, 1.82) is 5.26 Å². The fourth-order valence-electron chi connectivity index (χ4n) is 2.59. The van der Waals surface area contributed by atoms with Gasteiger partial charge in [0.25, 0.3) is 0 Å². The smallest absolute Gasteiger partial charge is 0.122 e. The average Bonchev–Trinajstić information content (AvgIpc) is 2.73. The van der Waals surface area contributed by atoms with Gasteiger partial charge in [0.05, 0.1) is 24.5 Å². The van der Waals surface area contributed by atoms with Crippen molar-refractivity contribution >= 4 is 5.82 Å². The maximum absolute atomic E-state index is 9.27. The van der Waals surface area contributed by atoms with E-state index in [0.29, 0.717) is 31.1 Å². The number of nitrogen functional groups attached to an aromatic ring is 1. The van der Waals surface area contributed by atoms with E-state index in [-0.39, 0.29) is 0 Å². The Kier molecular flexibility index (Phi) is 2.98. The highest BCUT2D eigenvalue weighted by Crippen LogP contribution is 2.29. The lowest BCUT2D eigenvalue weighted by molar-refractivity contribution is 0.105. The first-order valence-corrected chi connectivity index (χ1v) is 6.32. The standard InChI is InChI=1S/C15H15N3O/c16-8-13-12-6-7-19-10-14(12)18(15(13)17)9-11-4-2-1-3-5-11/h1-5H,6-7,9-10,17H2. The third-order valence-corrected chi connectivity index (χ3v) is 3.55. The molecule has 96 valence electrons. The zero-order valence-electron chi connectivity index (χ0n) is 10.6. The maximum Gasteiger partial charge on any atom is 0.122 e. The SMILES string of the molecule is N#Cc1c2c(n(Cc3ccccc3)c1N)COCC2. The molecule has 0 saturated heterocycles. The zero-order chi connectivity index (χ0) is 13.2. The number of benzene rings is 1. The Labute approximate surface area is 112 Å². The van der Waals surface area contributed by atoms with E-state index in [1.807, 2.05) is 22.8 Å². The second-order valence-corrected chi connectivity index (χ2v) is 4.67. The molecule has 0 atom stereocenters. The van der Waals surface area contributed by atoms with Crippen molar-refractivity contribution in [2.75, 3.05) is 12.3 Å². The highest BCUT2D eigenvalue weighted by Gasteiger charge is 2.23. The molecular weight excluding hydrogens is 238 g/mol. The summed E-state index contributed by atoms with van der Waals surface area (Å²) in [6, 6.07) is 12.3. The van der Waals surface area contributed by atoms with E-state index in [2.05, 4.69) is 18.2 Å². The Morgan fingerprint density at radius 2 is 2.11 bits per heavy atom. The molecule has 2 heterocycles. The number of anilines is 1. The molecule has 19 heavy (non-hydrogen) atoms. The molecule has 0 amide bonds. The number of nitrogens with zero attached hydrogens (tertiary/aromatic N) is 2. The summed E-state index contributed by atoms with van der Waals surface area (Å²) in [7, 11) is 0. The maximum atomic E-state index is 9.27. The van der Waals surface area contributed by atoms with Crippen LogP contribution in [0.2, 0.25) is 0 Å². The highest BCUT2D eigenvalue weighted by molar-refractivity contribution is 5.59. The van der Waals surface area contributed by atoms with Gasteiger partial charge in [-0.15, -0.1) is 0 Å². The first-order valence-electron chi connectivity index (χ1n) is 6.32. The van der Waals surface area contributed by atoms with Crippen molar-refractivity contribution in [2.24, 2.45) is 0 Å². The molecule has 4 heteroatoms. The van der Waals surface area contributed by atoms with Gasteiger partial charge < -0.3 is 15.0 Å². The molecule has 1 aliphatic rings. The predicted octanol–water partition coefficient (Wildman–Crippen LogP) is 2.06. The third kappa shape index (κ3) is 1.98. The summed E-state index contributed by atoms with van der Waals surface area (Å²) in [5, 5.41) is 9.27. The van der Waals surface area contributed by atoms with Crippen LogP contribution in [0.3, 0.4) is 0 Å². The minimum atomic E-state index is 0.536. The Balaban J connectivity index is 2.06. The Hall–Kier alpha value is -2.25. The normalized spacial score (nSPS) is 13.8. The highest BCUT2D eigenvalue weighted by atomic mass is 16.5. The van der Waals surface area contributed by atoms with Crippen LogP contribution in [0.15, 0.2) is 30.3 Å². The van der Waals surface area contributed by atoms with E-state index in [0.717, 1.165) is 17.7 Å². The molecule has 2 aromatic rings. The van der Waals surface area contributed by atoms with Crippen LogP contribution < -0.4 is 5.73 Å². The summed E-state index contributed by atoms with van der Waals surface area (Å²) in [6.07, 6.45) is 0.768. The summed E-state index contributed by atoms with van der Waals surface area (Å²) < 4.78 is 7.50. The molecule has 0 unspecified atom stereocenters. The van der Waals surface area contributed by atoms with Crippen LogP contribution in [0.5, 0.6) is 0 Å². The lowest BCUT2D eigenvalue weighted by Gasteiger charge is -2.16. The Morgan fingerprint density at radius 1 is 1.32 bits per heavy atom. The minimum absolute atomic E-state index is 0.536. The molecule has 0 saturated carbocycles. The number of nitrogens with two attached hydrogens (primary N) is 1. The number of ether oxygens (including phenoxy) is 1. The van der Waals surface area contributed by atoms with Gasteiger partial charge in [-0.2, -0.15) is 5.26 Å². The van der Waals surface area contributed by atoms with Gasteiger partial charge in [-0.3, -0.25) is 0 Å². The molecule has 3 rings (SSSR count). The number of fused-ring (bicyclic) bond motifs is 1. The van der Waals surface area contributed by atoms with E-state index in [4.69, 9.17) is 10.5 Å². The van der Waals surface area contributed by atoms with Crippen LogP contribution in [0.1, 0.15) is 22.4 Å². The fourth-order valence-corrected chi connectivity index (χ4v) is 2.59. The van der Waals surface area contributed by atoms with Gasteiger partial charge >= 0.3 is 0 Å². The number of hydrogen-bond donors (Lipinski definition) is 1. The molecule has 0 radical (unpaired) electrons. The van der Waals surface area contributed by atoms with Crippen molar-refractivity contribution in [1.82, 2.24) is 4.57 Å². The average molecular weight is 253 g/mol. The monoisotopic (exact) mass is 253 g/mol. The van der Waals surface area contributed by atoms with Crippen molar-refractivity contribution in [3.8, 4) is 6.07 Å². The molecular formula is C15H15N3O. The number of rotatable bonds is 2. The summed E-state index contributed by atoms with van der Waals surface area (Å²) >= 11 is 0. The molecule has 0 fully saturated rings. The van der Waals surface area contributed by atoms with E-state index in [1.165, 1.54) is 5.56 Å². The second-order valence-electron chi connectivity index (χ2n) is 4.67.